The first-order valence-electron chi connectivity index (χ1n) is 10.5. The van der Waals surface area contributed by atoms with Gasteiger partial charge in [0.1, 0.15) is 5.75 Å². The van der Waals surface area contributed by atoms with Gasteiger partial charge in [-0.05, 0) is 36.2 Å². The maximum absolute atomic E-state index is 13.2. The van der Waals surface area contributed by atoms with Crippen molar-refractivity contribution in [2.24, 2.45) is 0 Å². The fraction of sp³-hybridized carbons (Fsp3) is 0.375. The van der Waals surface area contributed by atoms with Crippen LogP contribution in [-0.4, -0.2) is 48.8 Å². The van der Waals surface area contributed by atoms with Gasteiger partial charge in [0, 0.05) is 56.4 Å². The minimum atomic E-state index is 0.0845. The molecule has 2 heterocycles. The van der Waals surface area contributed by atoms with Crippen molar-refractivity contribution in [3.63, 3.8) is 0 Å². The second-order valence-electron chi connectivity index (χ2n) is 7.55. The van der Waals surface area contributed by atoms with Crippen molar-refractivity contribution in [1.29, 1.82) is 0 Å². The van der Waals surface area contributed by atoms with Gasteiger partial charge in [0.05, 0.1) is 12.1 Å². The van der Waals surface area contributed by atoms with Crippen LogP contribution in [-0.2, 0) is 6.54 Å². The summed E-state index contributed by atoms with van der Waals surface area (Å²) >= 11 is 0. The standard InChI is InChI=1S/C24H29N3O2/c1-2-17-29-20-9-7-19(8-10-20)22-18-27(16-15-26-13-11-25-12-14-26)23-6-4-3-5-21(23)24(22)28/h3-10,18,25H,2,11-17H2,1H3. The summed E-state index contributed by atoms with van der Waals surface area (Å²) in [4.78, 5) is 15.7. The molecule has 1 aliphatic heterocycles. The number of hydrogen-bond donors (Lipinski definition) is 1. The molecule has 1 fully saturated rings. The number of para-hydroxylation sites is 1. The molecule has 152 valence electrons. The van der Waals surface area contributed by atoms with E-state index in [2.05, 4.69) is 21.7 Å². The summed E-state index contributed by atoms with van der Waals surface area (Å²) in [6.45, 7) is 8.88. The van der Waals surface area contributed by atoms with Gasteiger partial charge in [-0.15, -0.1) is 0 Å². The number of hydrogen-bond acceptors (Lipinski definition) is 4. The molecule has 0 spiro atoms. The molecule has 0 bridgehead atoms. The van der Waals surface area contributed by atoms with E-state index in [1.807, 2.05) is 54.7 Å². The van der Waals surface area contributed by atoms with Gasteiger partial charge in [0.15, 0.2) is 5.43 Å². The molecule has 0 aliphatic carbocycles. The third-order valence-electron chi connectivity index (χ3n) is 5.49. The molecule has 4 rings (SSSR count). The molecular formula is C24H29N3O2. The molecule has 0 amide bonds. The van der Waals surface area contributed by atoms with E-state index in [1.54, 1.807) is 0 Å². The van der Waals surface area contributed by atoms with Gasteiger partial charge in [-0.2, -0.15) is 0 Å². The molecule has 1 saturated heterocycles. The second-order valence-corrected chi connectivity index (χ2v) is 7.55. The lowest BCUT2D eigenvalue weighted by molar-refractivity contribution is 0.233. The molecule has 0 radical (unpaired) electrons. The first-order valence-corrected chi connectivity index (χ1v) is 10.5. The SMILES string of the molecule is CCCOc1ccc(-c2cn(CCN3CCNCC3)c3ccccc3c2=O)cc1. The summed E-state index contributed by atoms with van der Waals surface area (Å²) in [6.07, 6.45) is 3.00. The molecule has 3 aromatic rings. The molecular weight excluding hydrogens is 362 g/mol. The van der Waals surface area contributed by atoms with Crippen LogP contribution in [0, 0.1) is 0 Å². The zero-order valence-electron chi connectivity index (χ0n) is 17.1. The van der Waals surface area contributed by atoms with Gasteiger partial charge in [-0.3, -0.25) is 9.69 Å². The Hall–Kier alpha value is -2.63. The molecule has 0 unspecified atom stereocenters. The molecule has 1 N–H and O–H groups in total. The summed E-state index contributed by atoms with van der Waals surface area (Å²) in [6, 6.07) is 15.8. The first kappa shape index (κ1) is 19.7. The Morgan fingerprint density at radius 3 is 2.52 bits per heavy atom. The zero-order chi connectivity index (χ0) is 20.1. The Kier molecular flexibility index (Phi) is 6.27. The lowest BCUT2D eigenvalue weighted by atomic mass is 10.0. The summed E-state index contributed by atoms with van der Waals surface area (Å²) in [7, 11) is 0. The molecule has 2 aromatic carbocycles. The smallest absolute Gasteiger partial charge is 0.197 e. The highest BCUT2D eigenvalue weighted by Crippen LogP contribution is 2.23. The van der Waals surface area contributed by atoms with Crippen LogP contribution in [0.4, 0.5) is 0 Å². The van der Waals surface area contributed by atoms with E-state index in [1.165, 1.54) is 0 Å². The number of nitrogens with one attached hydrogen (secondary N) is 1. The minimum absolute atomic E-state index is 0.0845. The van der Waals surface area contributed by atoms with Crippen LogP contribution in [0.25, 0.3) is 22.0 Å². The Balaban J connectivity index is 1.66. The van der Waals surface area contributed by atoms with Gasteiger partial charge in [0.2, 0.25) is 0 Å². The Morgan fingerprint density at radius 2 is 1.76 bits per heavy atom. The maximum atomic E-state index is 13.2. The highest BCUT2D eigenvalue weighted by molar-refractivity contribution is 5.84. The van der Waals surface area contributed by atoms with E-state index < -0.39 is 0 Å². The number of aromatic nitrogens is 1. The van der Waals surface area contributed by atoms with Gasteiger partial charge >= 0.3 is 0 Å². The number of piperazine rings is 1. The zero-order valence-corrected chi connectivity index (χ0v) is 17.1. The summed E-state index contributed by atoms with van der Waals surface area (Å²) < 4.78 is 7.91. The van der Waals surface area contributed by atoms with Crippen LogP contribution in [0.2, 0.25) is 0 Å². The van der Waals surface area contributed by atoms with Crippen LogP contribution in [0.5, 0.6) is 5.75 Å². The van der Waals surface area contributed by atoms with Crippen molar-refractivity contribution in [2.75, 3.05) is 39.3 Å². The number of rotatable bonds is 7. The number of benzene rings is 2. The van der Waals surface area contributed by atoms with Crippen molar-refractivity contribution in [3.05, 3.63) is 65.0 Å². The fourth-order valence-electron chi connectivity index (χ4n) is 3.87. The van der Waals surface area contributed by atoms with E-state index in [4.69, 9.17) is 4.74 Å². The van der Waals surface area contributed by atoms with Gasteiger partial charge < -0.3 is 14.6 Å². The predicted molar refractivity (Wildman–Crippen MR) is 119 cm³/mol. The van der Waals surface area contributed by atoms with E-state index >= 15 is 0 Å². The molecule has 1 aliphatic rings. The van der Waals surface area contributed by atoms with E-state index in [9.17, 15) is 4.79 Å². The molecule has 5 nitrogen and oxygen atoms in total. The van der Waals surface area contributed by atoms with Crippen molar-refractivity contribution >= 4 is 10.9 Å². The van der Waals surface area contributed by atoms with E-state index in [0.717, 1.165) is 73.5 Å². The number of pyridine rings is 1. The van der Waals surface area contributed by atoms with Crippen molar-refractivity contribution < 1.29 is 4.74 Å². The van der Waals surface area contributed by atoms with Gasteiger partial charge in [0.25, 0.3) is 0 Å². The Labute approximate surface area is 171 Å². The Morgan fingerprint density at radius 1 is 1.00 bits per heavy atom. The van der Waals surface area contributed by atoms with Gasteiger partial charge in [-0.25, -0.2) is 0 Å². The molecule has 29 heavy (non-hydrogen) atoms. The first-order chi connectivity index (χ1) is 14.3. The molecule has 0 atom stereocenters. The topological polar surface area (TPSA) is 46.5 Å². The van der Waals surface area contributed by atoms with E-state index in [-0.39, 0.29) is 5.43 Å². The predicted octanol–water partition coefficient (Wildman–Crippen LogP) is 3.36. The third-order valence-corrected chi connectivity index (χ3v) is 5.49. The lowest BCUT2D eigenvalue weighted by Crippen LogP contribution is -2.44. The van der Waals surface area contributed by atoms with Crippen molar-refractivity contribution in [1.82, 2.24) is 14.8 Å². The third kappa shape index (κ3) is 4.52. The minimum Gasteiger partial charge on any atom is -0.494 e. The normalized spacial score (nSPS) is 14.9. The number of fused-ring (bicyclic) bond motifs is 1. The molecule has 0 saturated carbocycles. The van der Waals surface area contributed by atoms with Gasteiger partial charge in [-0.1, -0.05) is 31.2 Å². The number of ether oxygens (including phenoxy) is 1. The van der Waals surface area contributed by atoms with Crippen LogP contribution in [0.15, 0.2) is 59.5 Å². The maximum Gasteiger partial charge on any atom is 0.197 e. The largest absolute Gasteiger partial charge is 0.494 e. The summed E-state index contributed by atoms with van der Waals surface area (Å²) in [5.74, 6) is 0.843. The highest BCUT2D eigenvalue weighted by atomic mass is 16.5. The van der Waals surface area contributed by atoms with Crippen LogP contribution < -0.4 is 15.5 Å². The average Bonchev–Trinajstić information content (AvgIpc) is 2.78. The van der Waals surface area contributed by atoms with Crippen molar-refractivity contribution in [2.45, 2.75) is 19.9 Å². The fourth-order valence-corrected chi connectivity index (χ4v) is 3.87. The quantitative estimate of drug-likeness (QED) is 0.671. The molecule has 5 heteroatoms. The van der Waals surface area contributed by atoms with Crippen LogP contribution in [0.3, 0.4) is 0 Å². The molecule has 1 aromatic heterocycles. The van der Waals surface area contributed by atoms with Crippen LogP contribution in [0.1, 0.15) is 13.3 Å². The lowest BCUT2D eigenvalue weighted by Gasteiger charge is -2.27. The monoisotopic (exact) mass is 391 g/mol. The van der Waals surface area contributed by atoms with Crippen molar-refractivity contribution in [3.8, 4) is 16.9 Å². The number of nitrogens with zero attached hydrogens (tertiary/aromatic N) is 2. The van der Waals surface area contributed by atoms with E-state index in [0.29, 0.717) is 6.61 Å². The Bertz CT molecular complexity index is 1000. The average molecular weight is 392 g/mol. The summed E-state index contributed by atoms with van der Waals surface area (Å²) in [5.41, 5.74) is 2.76. The summed E-state index contributed by atoms with van der Waals surface area (Å²) in [5, 5.41) is 4.17. The second kappa shape index (κ2) is 9.25. The van der Waals surface area contributed by atoms with Crippen LogP contribution >= 0.6 is 0 Å². The highest BCUT2D eigenvalue weighted by Gasteiger charge is 2.13.